The second-order valence-electron chi connectivity index (χ2n) is 5.52. The summed E-state index contributed by atoms with van der Waals surface area (Å²) in [5.41, 5.74) is 0.556. The number of para-hydroxylation sites is 1. The molecule has 1 unspecified atom stereocenters. The van der Waals surface area contributed by atoms with Crippen molar-refractivity contribution in [2.24, 2.45) is 5.41 Å². The number of benzene rings is 1. The van der Waals surface area contributed by atoms with E-state index in [2.05, 4.69) is 20.8 Å². The Morgan fingerprint density at radius 3 is 2.33 bits per heavy atom. The number of rotatable bonds is 4. The van der Waals surface area contributed by atoms with Gasteiger partial charge in [-0.1, -0.05) is 26.8 Å². The molecule has 1 atom stereocenters. The van der Waals surface area contributed by atoms with Crippen LogP contribution in [0, 0.1) is 5.41 Å². The van der Waals surface area contributed by atoms with Gasteiger partial charge in [0.15, 0.2) is 17.3 Å². The van der Waals surface area contributed by atoms with E-state index in [1.54, 1.807) is 25.3 Å². The van der Waals surface area contributed by atoms with Crippen LogP contribution in [0.2, 0.25) is 0 Å². The molecule has 0 radical (unpaired) electrons. The van der Waals surface area contributed by atoms with Crippen LogP contribution < -0.4 is 9.47 Å². The fourth-order valence-corrected chi connectivity index (χ4v) is 1.43. The number of ether oxygens (including phenoxy) is 2. The van der Waals surface area contributed by atoms with Crippen LogP contribution in [0.15, 0.2) is 18.2 Å². The Kier molecular flexibility index (Phi) is 4.38. The molecule has 1 aromatic rings. The van der Waals surface area contributed by atoms with Crippen LogP contribution in [0.4, 0.5) is 0 Å². The molecule has 0 aliphatic rings. The highest BCUT2D eigenvalue weighted by molar-refractivity contribution is 5.97. The lowest BCUT2D eigenvalue weighted by Gasteiger charge is -2.29. The van der Waals surface area contributed by atoms with Gasteiger partial charge in [0.25, 0.3) is 0 Å². The molecule has 0 bridgehead atoms. The number of Topliss-reactive ketones (excluding diaryl/α,β-unsaturated/α-hetero) is 1. The van der Waals surface area contributed by atoms with Gasteiger partial charge in [-0.15, -0.1) is 0 Å². The first-order valence-corrected chi connectivity index (χ1v) is 6.12. The molecule has 18 heavy (non-hydrogen) atoms. The standard InChI is InChI=1S/C15H22O3/c1-10(16)12-8-7-9-13(17-6)14(12)18-11(2)15(3,4)5/h7-9,11H,1-6H3. The van der Waals surface area contributed by atoms with Crippen LogP contribution in [0.1, 0.15) is 45.0 Å². The molecule has 0 spiro atoms. The van der Waals surface area contributed by atoms with E-state index >= 15 is 0 Å². The van der Waals surface area contributed by atoms with Crippen LogP contribution >= 0.6 is 0 Å². The predicted octanol–water partition coefficient (Wildman–Crippen LogP) is 3.71. The van der Waals surface area contributed by atoms with Gasteiger partial charge >= 0.3 is 0 Å². The van der Waals surface area contributed by atoms with Crippen molar-refractivity contribution in [2.75, 3.05) is 7.11 Å². The minimum atomic E-state index is -0.0231. The van der Waals surface area contributed by atoms with E-state index < -0.39 is 0 Å². The van der Waals surface area contributed by atoms with Gasteiger partial charge in [-0.3, -0.25) is 4.79 Å². The summed E-state index contributed by atoms with van der Waals surface area (Å²) in [6, 6.07) is 5.36. The first-order valence-electron chi connectivity index (χ1n) is 6.12. The maximum absolute atomic E-state index is 11.6. The topological polar surface area (TPSA) is 35.5 Å². The molecule has 0 saturated heterocycles. The van der Waals surface area contributed by atoms with Crippen molar-refractivity contribution in [1.82, 2.24) is 0 Å². The smallest absolute Gasteiger partial charge is 0.172 e. The highest BCUT2D eigenvalue weighted by Gasteiger charge is 2.25. The summed E-state index contributed by atoms with van der Waals surface area (Å²) in [6.45, 7) is 9.82. The van der Waals surface area contributed by atoms with Crippen LogP contribution in [-0.4, -0.2) is 19.0 Å². The monoisotopic (exact) mass is 250 g/mol. The van der Waals surface area contributed by atoms with E-state index in [9.17, 15) is 4.79 Å². The summed E-state index contributed by atoms with van der Waals surface area (Å²) in [7, 11) is 1.58. The minimum absolute atomic E-state index is 0.00505. The first kappa shape index (κ1) is 14.6. The molecule has 0 aliphatic heterocycles. The van der Waals surface area contributed by atoms with Gasteiger partial charge < -0.3 is 9.47 Å². The van der Waals surface area contributed by atoms with E-state index in [1.165, 1.54) is 6.92 Å². The number of carbonyl (C=O) groups excluding carboxylic acids is 1. The van der Waals surface area contributed by atoms with E-state index in [-0.39, 0.29) is 17.3 Å². The number of hydrogen-bond donors (Lipinski definition) is 0. The Hall–Kier alpha value is -1.51. The zero-order valence-corrected chi connectivity index (χ0v) is 12.0. The maximum Gasteiger partial charge on any atom is 0.172 e. The lowest BCUT2D eigenvalue weighted by molar-refractivity contribution is 0.0924. The SMILES string of the molecule is COc1cccc(C(C)=O)c1OC(C)C(C)(C)C. The Morgan fingerprint density at radius 1 is 1.28 bits per heavy atom. The van der Waals surface area contributed by atoms with Gasteiger partial charge in [-0.2, -0.15) is 0 Å². The molecule has 3 heteroatoms. The van der Waals surface area contributed by atoms with Crippen molar-refractivity contribution in [3.8, 4) is 11.5 Å². The molecule has 1 aromatic carbocycles. The molecular formula is C15H22O3. The second-order valence-corrected chi connectivity index (χ2v) is 5.52. The molecule has 0 heterocycles. The quantitative estimate of drug-likeness (QED) is 0.764. The van der Waals surface area contributed by atoms with Crippen LogP contribution in [-0.2, 0) is 0 Å². The Labute approximate surface area is 109 Å². The fraction of sp³-hybridized carbons (Fsp3) is 0.533. The third-order valence-corrected chi connectivity index (χ3v) is 3.09. The van der Waals surface area contributed by atoms with Gasteiger partial charge in [0.2, 0.25) is 0 Å². The van der Waals surface area contributed by atoms with Crippen molar-refractivity contribution in [3.63, 3.8) is 0 Å². The van der Waals surface area contributed by atoms with E-state index in [0.717, 1.165) is 0 Å². The molecule has 0 fully saturated rings. The van der Waals surface area contributed by atoms with Crippen molar-refractivity contribution in [3.05, 3.63) is 23.8 Å². The Balaban J connectivity index is 3.17. The van der Waals surface area contributed by atoms with E-state index in [1.807, 2.05) is 6.92 Å². The number of ketones is 1. The fourth-order valence-electron chi connectivity index (χ4n) is 1.43. The highest BCUT2D eigenvalue weighted by atomic mass is 16.5. The number of hydrogen-bond acceptors (Lipinski definition) is 3. The summed E-state index contributed by atoms with van der Waals surface area (Å²) >= 11 is 0. The van der Waals surface area contributed by atoms with Crippen molar-refractivity contribution >= 4 is 5.78 Å². The molecule has 100 valence electrons. The number of methoxy groups -OCH3 is 1. The molecule has 0 amide bonds. The third kappa shape index (κ3) is 3.25. The van der Waals surface area contributed by atoms with Crippen LogP contribution in [0.3, 0.4) is 0 Å². The zero-order valence-electron chi connectivity index (χ0n) is 12.0. The average Bonchev–Trinajstić information content (AvgIpc) is 2.27. The molecule has 0 N–H and O–H groups in total. The van der Waals surface area contributed by atoms with Crippen molar-refractivity contribution in [1.29, 1.82) is 0 Å². The van der Waals surface area contributed by atoms with Gasteiger partial charge in [0.05, 0.1) is 12.7 Å². The maximum atomic E-state index is 11.6. The Bertz CT molecular complexity index is 430. The molecule has 0 aliphatic carbocycles. The van der Waals surface area contributed by atoms with Gasteiger partial charge in [-0.25, -0.2) is 0 Å². The normalized spacial score (nSPS) is 13.0. The summed E-state index contributed by atoms with van der Waals surface area (Å²) in [6.07, 6.45) is -0.0214. The highest BCUT2D eigenvalue weighted by Crippen LogP contribution is 2.35. The summed E-state index contributed by atoms with van der Waals surface area (Å²) in [5.74, 6) is 1.11. The first-order chi connectivity index (χ1) is 8.27. The largest absolute Gasteiger partial charge is 0.493 e. The average molecular weight is 250 g/mol. The minimum Gasteiger partial charge on any atom is -0.493 e. The summed E-state index contributed by atoms with van der Waals surface area (Å²) < 4.78 is 11.2. The molecule has 0 saturated carbocycles. The zero-order chi connectivity index (χ0) is 13.9. The van der Waals surface area contributed by atoms with E-state index in [4.69, 9.17) is 9.47 Å². The third-order valence-electron chi connectivity index (χ3n) is 3.09. The van der Waals surface area contributed by atoms with Gasteiger partial charge in [-0.05, 0) is 31.4 Å². The van der Waals surface area contributed by atoms with Crippen LogP contribution in [0.25, 0.3) is 0 Å². The second kappa shape index (κ2) is 5.42. The molecule has 3 nitrogen and oxygen atoms in total. The Morgan fingerprint density at radius 2 is 1.89 bits per heavy atom. The van der Waals surface area contributed by atoms with Gasteiger partial charge in [0.1, 0.15) is 6.10 Å². The van der Waals surface area contributed by atoms with Crippen molar-refractivity contribution < 1.29 is 14.3 Å². The lowest BCUT2D eigenvalue weighted by Crippen LogP contribution is -2.29. The number of carbonyl (C=O) groups is 1. The lowest BCUT2D eigenvalue weighted by atomic mass is 9.90. The molecular weight excluding hydrogens is 228 g/mol. The van der Waals surface area contributed by atoms with E-state index in [0.29, 0.717) is 17.1 Å². The molecule has 0 aromatic heterocycles. The van der Waals surface area contributed by atoms with Crippen molar-refractivity contribution in [2.45, 2.75) is 40.7 Å². The van der Waals surface area contributed by atoms with Gasteiger partial charge in [0, 0.05) is 0 Å². The summed E-state index contributed by atoms with van der Waals surface area (Å²) in [5, 5.41) is 0. The molecule has 1 rings (SSSR count). The van der Waals surface area contributed by atoms with Crippen LogP contribution in [0.5, 0.6) is 11.5 Å². The predicted molar refractivity (Wildman–Crippen MR) is 72.5 cm³/mol. The summed E-state index contributed by atoms with van der Waals surface area (Å²) in [4.78, 5) is 11.6.